The first kappa shape index (κ1) is 15.3. The van der Waals surface area contributed by atoms with E-state index < -0.39 is 0 Å². The number of hydrogen-bond acceptors (Lipinski definition) is 4. The standard InChI is InChI=1S/C14H22N2O3/c1-11-7-8-12(13(10-11)18-2)19-9-5-3-4-6-14(17)16-15/h7-8,10H,3-6,9,15H2,1-2H3,(H,16,17). The van der Waals surface area contributed by atoms with E-state index in [4.69, 9.17) is 15.3 Å². The van der Waals surface area contributed by atoms with Crippen molar-refractivity contribution < 1.29 is 14.3 Å². The third-order valence-corrected chi connectivity index (χ3v) is 2.79. The molecule has 19 heavy (non-hydrogen) atoms. The Morgan fingerprint density at radius 2 is 2.05 bits per heavy atom. The molecule has 0 bridgehead atoms. The molecule has 0 aromatic heterocycles. The first-order valence-electron chi connectivity index (χ1n) is 6.44. The molecular formula is C14H22N2O3. The normalized spacial score (nSPS) is 10.1. The Morgan fingerprint density at radius 1 is 1.26 bits per heavy atom. The van der Waals surface area contributed by atoms with Crippen molar-refractivity contribution in [1.82, 2.24) is 5.43 Å². The summed E-state index contributed by atoms with van der Waals surface area (Å²) in [5.74, 6) is 6.38. The van der Waals surface area contributed by atoms with Gasteiger partial charge in [-0.25, -0.2) is 5.84 Å². The van der Waals surface area contributed by atoms with E-state index in [0.717, 1.165) is 36.3 Å². The molecule has 1 amide bonds. The Hall–Kier alpha value is -1.75. The summed E-state index contributed by atoms with van der Waals surface area (Å²) in [6.45, 7) is 2.62. The van der Waals surface area contributed by atoms with Gasteiger partial charge in [-0.15, -0.1) is 0 Å². The van der Waals surface area contributed by atoms with E-state index in [1.807, 2.05) is 25.1 Å². The molecule has 0 aliphatic heterocycles. The van der Waals surface area contributed by atoms with Crippen LogP contribution in [0.1, 0.15) is 31.2 Å². The second kappa shape index (κ2) is 8.37. The van der Waals surface area contributed by atoms with E-state index in [9.17, 15) is 4.79 Å². The number of nitrogens with one attached hydrogen (secondary N) is 1. The molecule has 0 unspecified atom stereocenters. The lowest BCUT2D eigenvalue weighted by molar-refractivity contribution is -0.121. The lowest BCUT2D eigenvalue weighted by Crippen LogP contribution is -2.29. The summed E-state index contributed by atoms with van der Waals surface area (Å²) in [6.07, 6.45) is 3.11. The Morgan fingerprint density at radius 3 is 2.74 bits per heavy atom. The number of rotatable bonds is 8. The zero-order valence-electron chi connectivity index (χ0n) is 11.6. The molecule has 3 N–H and O–H groups in total. The van der Waals surface area contributed by atoms with Crippen LogP contribution < -0.4 is 20.7 Å². The summed E-state index contributed by atoms with van der Waals surface area (Å²) < 4.78 is 10.9. The van der Waals surface area contributed by atoms with Crippen molar-refractivity contribution in [2.24, 2.45) is 5.84 Å². The second-order valence-corrected chi connectivity index (χ2v) is 4.38. The number of hydrogen-bond donors (Lipinski definition) is 2. The van der Waals surface area contributed by atoms with Crippen LogP contribution in [0.15, 0.2) is 18.2 Å². The topological polar surface area (TPSA) is 73.6 Å². The lowest BCUT2D eigenvalue weighted by atomic mass is 10.2. The molecule has 5 nitrogen and oxygen atoms in total. The van der Waals surface area contributed by atoms with Crippen molar-refractivity contribution in [3.8, 4) is 11.5 Å². The molecule has 0 heterocycles. The Balaban J connectivity index is 2.24. The molecule has 0 atom stereocenters. The number of aryl methyl sites for hydroxylation is 1. The van der Waals surface area contributed by atoms with Gasteiger partial charge in [0.2, 0.25) is 5.91 Å². The zero-order valence-corrected chi connectivity index (χ0v) is 11.6. The molecule has 0 aliphatic rings. The summed E-state index contributed by atoms with van der Waals surface area (Å²) in [5.41, 5.74) is 3.25. The number of nitrogens with two attached hydrogens (primary N) is 1. The third kappa shape index (κ3) is 5.61. The van der Waals surface area contributed by atoms with Crippen LogP contribution in [-0.2, 0) is 4.79 Å². The second-order valence-electron chi connectivity index (χ2n) is 4.38. The maximum Gasteiger partial charge on any atom is 0.233 e. The molecule has 1 aromatic carbocycles. The molecule has 0 spiro atoms. The number of unbranched alkanes of at least 4 members (excludes halogenated alkanes) is 2. The zero-order chi connectivity index (χ0) is 14.1. The fraction of sp³-hybridized carbons (Fsp3) is 0.500. The molecule has 0 aliphatic carbocycles. The molecule has 5 heteroatoms. The van der Waals surface area contributed by atoms with Gasteiger partial charge in [-0.2, -0.15) is 0 Å². The van der Waals surface area contributed by atoms with E-state index in [2.05, 4.69) is 5.43 Å². The maximum absolute atomic E-state index is 10.9. The van der Waals surface area contributed by atoms with E-state index in [-0.39, 0.29) is 5.91 Å². The quantitative estimate of drug-likeness (QED) is 0.326. The Kier molecular flexibility index (Phi) is 6.74. The van der Waals surface area contributed by atoms with Crippen molar-refractivity contribution in [2.75, 3.05) is 13.7 Å². The minimum absolute atomic E-state index is 0.124. The van der Waals surface area contributed by atoms with E-state index in [1.165, 1.54) is 0 Å². The predicted octanol–water partition coefficient (Wildman–Crippen LogP) is 1.93. The lowest BCUT2D eigenvalue weighted by Gasteiger charge is -2.11. The first-order chi connectivity index (χ1) is 9.17. The molecule has 0 saturated heterocycles. The highest BCUT2D eigenvalue weighted by Crippen LogP contribution is 2.27. The molecule has 0 saturated carbocycles. The third-order valence-electron chi connectivity index (χ3n) is 2.79. The molecular weight excluding hydrogens is 244 g/mol. The van der Waals surface area contributed by atoms with Gasteiger partial charge >= 0.3 is 0 Å². The highest BCUT2D eigenvalue weighted by molar-refractivity contribution is 5.75. The minimum Gasteiger partial charge on any atom is -0.493 e. The number of benzene rings is 1. The van der Waals surface area contributed by atoms with Crippen LogP contribution >= 0.6 is 0 Å². The molecule has 1 aromatic rings. The fourth-order valence-electron chi connectivity index (χ4n) is 1.71. The van der Waals surface area contributed by atoms with E-state index >= 15 is 0 Å². The van der Waals surface area contributed by atoms with Gasteiger partial charge in [-0.3, -0.25) is 10.2 Å². The number of carbonyl (C=O) groups excluding carboxylic acids is 1. The van der Waals surface area contributed by atoms with Crippen LogP contribution in [0.2, 0.25) is 0 Å². The maximum atomic E-state index is 10.9. The number of amides is 1. The van der Waals surface area contributed by atoms with Gasteiger partial charge in [-0.05, 0) is 43.9 Å². The summed E-state index contributed by atoms with van der Waals surface area (Å²) in [5, 5.41) is 0. The number of methoxy groups -OCH3 is 1. The average molecular weight is 266 g/mol. The van der Waals surface area contributed by atoms with Gasteiger partial charge in [0.05, 0.1) is 13.7 Å². The van der Waals surface area contributed by atoms with E-state index in [1.54, 1.807) is 7.11 Å². The molecule has 1 rings (SSSR count). The fourth-order valence-corrected chi connectivity index (χ4v) is 1.71. The van der Waals surface area contributed by atoms with Gasteiger partial charge in [0.25, 0.3) is 0 Å². The highest BCUT2D eigenvalue weighted by atomic mass is 16.5. The van der Waals surface area contributed by atoms with Crippen LogP contribution in [-0.4, -0.2) is 19.6 Å². The van der Waals surface area contributed by atoms with Crippen LogP contribution in [0.4, 0.5) is 0 Å². The number of carbonyl (C=O) groups is 1. The smallest absolute Gasteiger partial charge is 0.233 e. The van der Waals surface area contributed by atoms with Gasteiger partial charge in [0.1, 0.15) is 0 Å². The van der Waals surface area contributed by atoms with Crippen LogP contribution in [0.25, 0.3) is 0 Å². The first-order valence-corrected chi connectivity index (χ1v) is 6.44. The van der Waals surface area contributed by atoms with Crippen molar-refractivity contribution in [1.29, 1.82) is 0 Å². The summed E-state index contributed by atoms with van der Waals surface area (Å²) >= 11 is 0. The average Bonchev–Trinajstić information content (AvgIpc) is 2.43. The van der Waals surface area contributed by atoms with Crippen molar-refractivity contribution >= 4 is 5.91 Å². The summed E-state index contributed by atoms with van der Waals surface area (Å²) in [4.78, 5) is 10.9. The monoisotopic (exact) mass is 266 g/mol. The molecule has 106 valence electrons. The van der Waals surface area contributed by atoms with Gasteiger partial charge < -0.3 is 9.47 Å². The van der Waals surface area contributed by atoms with Crippen molar-refractivity contribution in [3.05, 3.63) is 23.8 Å². The molecule has 0 fully saturated rings. The Bertz CT molecular complexity index is 408. The van der Waals surface area contributed by atoms with Gasteiger partial charge in [0, 0.05) is 6.42 Å². The minimum atomic E-state index is -0.124. The van der Waals surface area contributed by atoms with Crippen molar-refractivity contribution in [3.63, 3.8) is 0 Å². The van der Waals surface area contributed by atoms with Crippen LogP contribution in [0, 0.1) is 6.92 Å². The summed E-state index contributed by atoms with van der Waals surface area (Å²) in [6, 6.07) is 5.85. The van der Waals surface area contributed by atoms with Crippen molar-refractivity contribution in [2.45, 2.75) is 32.6 Å². The predicted molar refractivity (Wildman–Crippen MR) is 74.0 cm³/mol. The van der Waals surface area contributed by atoms with Crippen LogP contribution in [0.3, 0.4) is 0 Å². The summed E-state index contributed by atoms with van der Waals surface area (Å²) in [7, 11) is 1.63. The SMILES string of the molecule is COc1cc(C)ccc1OCCCCCC(=O)NN. The Labute approximate surface area is 114 Å². The highest BCUT2D eigenvalue weighted by Gasteiger charge is 2.04. The largest absolute Gasteiger partial charge is 0.493 e. The van der Waals surface area contributed by atoms with Crippen LogP contribution in [0.5, 0.6) is 11.5 Å². The molecule has 0 radical (unpaired) electrons. The number of hydrazine groups is 1. The van der Waals surface area contributed by atoms with Gasteiger partial charge in [-0.1, -0.05) is 6.07 Å². The van der Waals surface area contributed by atoms with Gasteiger partial charge in [0.15, 0.2) is 11.5 Å². The number of ether oxygens (including phenoxy) is 2. The van der Waals surface area contributed by atoms with E-state index in [0.29, 0.717) is 13.0 Å².